The molecule has 1 heterocycles. The first kappa shape index (κ1) is 16.7. The van der Waals surface area contributed by atoms with Gasteiger partial charge in [0.1, 0.15) is 6.04 Å². The van der Waals surface area contributed by atoms with E-state index in [1.54, 1.807) is 17.9 Å². The molecule has 0 radical (unpaired) electrons. The monoisotopic (exact) mass is 280 g/mol. The van der Waals surface area contributed by atoms with Gasteiger partial charge < -0.3 is 10.6 Å². The first-order valence-electron chi connectivity index (χ1n) is 7.45. The van der Waals surface area contributed by atoms with Gasteiger partial charge in [0.05, 0.1) is 6.20 Å². The normalized spacial score (nSPS) is 13.2. The summed E-state index contributed by atoms with van der Waals surface area (Å²) in [5.41, 5.74) is 1.10. The fourth-order valence-electron chi connectivity index (χ4n) is 2.54. The molecule has 1 unspecified atom stereocenters. The van der Waals surface area contributed by atoms with Crippen molar-refractivity contribution in [2.45, 2.75) is 46.1 Å². The third-order valence-corrected chi connectivity index (χ3v) is 4.50. The largest absolute Gasteiger partial charge is 0.354 e. The standard InChI is InChI=1S/C15H28N4O/c1-6-15(7-2,8-3)11-17-14(20)13(16-4)12-9-18-19(5)10-12/h9-10,13,16H,6-8,11H2,1-5H3,(H,17,20). The summed E-state index contributed by atoms with van der Waals surface area (Å²) in [5, 5.41) is 10.3. The highest BCUT2D eigenvalue weighted by molar-refractivity contribution is 5.83. The zero-order chi connectivity index (χ0) is 15.2. The number of aromatic nitrogens is 2. The van der Waals surface area contributed by atoms with E-state index in [2.05, 4.69) is 36.5 Å². The SMILES string of the molecule is CCC(CC)(CC)CNC(=O)C(NC)c1cnn(C)c1. The van der Waals surface area contributed by atoms with Crippen LogP contribution in [0.4, 0.5) is 0 Å². The lowest BCUT2D eigenvalue weighted by Crippen LogP contribution is -2.42. The number of hydrogen-bond acceptors (Lipinski definition) is 3. The average molecular weight is 280 g/mol. The summed E-state index contributed by atoms with van der Waals surface area (Å²) < 4.78 is 1.71. The van der Waals surface area contributed by atoms with Gasteiger partial charge in [-0.3, -0.25) is 9.48 Å². The minimum absolute atomic E-state index is 0.0141. The van der Waals surface area contributed by atoms with Gasteiger partial charge in [-0.1, -0.05) is 20.8 Å². The molecule has 1 aromatic heterocycles. The predicted octanol–water partition coefficient (Wildman–Crippen LogP) is 2.01. The van der Waals surface area contributed by atoms with E-state index in [1.165, 1.54) is 0 Å². The molecule has 5 nitrogen and oxygen atoms in total. The summed E-state index contributed by atoms with van der Waals surface area (Å²) in [5.74, 6) is 0.0141. The molecule has 5 heteroatoms. The lowest BCUT2D eigenvalue weighted by atomic mass is 9.80. The van der Waals surface area contributed by atoms with E-state index in [-0.39, 0.29) is 17.4 Å². The van der Waals surface area contributed by atoms with E-state index in [0.717, 1.165) is 31.4 Å². The fraction of sp³-hybridized carbons (Fsp3) is 0.733. The number of likely N-dealkylation sites (N-methyl/N-ethyl adjacent to an activating group) is 1. The van der Waals surface area contributed by atoms with Crippen LogP contribution in [0.25, 0.3) is 0 Å². The molecular weight excluding hydrogens is 252 g/mol. The molecule has 1 atom stereocenters. The van der Waals surface area contributed by atoms with E-state index in [9.17, 15) is 4.79 Å². The van der Waals surface area contributed by atoms with Crippen molar-refractivity contribution < 1.29 is 4.79 Å². The number of nitrogens with zero attached hydrogens (tertiary/aromatic N) is 2. The molecule has 1 aromatic rings. The van der Waals surface area contributed by atoms with Gasteiger partial charge in [-0.2, -0.15) is 5.10 Å². The molecule has 20 heavy (non-hydrogen) atoms. The topological polar surface area (TPSA) is 59.0 Å². The zero-order valence-electron chi connectivity index (χ0n) is 13.4. The fourth-order valence-corrected chi connectivity index (χ4v) is 2.54. The van der Waals surface area contributed by atoms with Gasteiger partial charge in [0, 0.05) is 25.4 Å². The Labute approximate surface area is 122 Å². The van der Waals surface area contributed by atoms with Crippen LogP contribution in [0.3, 0.4) is 0 Å². The minimum Gasteiger partial charge on any atom is -0.354 e. The third kappa shape index (κ3) is 3.82. The summed E-state index contributed by atoms with van der Waals surface area (Å²) in [4.78, 5) is 12.4. The van der Waals surface area contributed by atoms with E-state index < -0.39 is 0 Å². The highest BCUT2D eigenvalue weighted by Crippen LogP contribution is 2.29. The molecule has 0 saturated heterocycles. The zero-order valence-corrected chi connectivity index (χ0v) is 13.4. The van der Waals surface area contributed by atoms with Crippen molar-refractivity contribution >= 4 is 5.91 Å². The number of rotatable bonds is 8. The number of carbonyl (C=O) groups excluding carboxylic acids is 1. The van der Waals surface area contributed by atoms with Crippen LogP contribution in [0.5, 0.6) is 0 Å². The predicted molar refractivity (Wildman–Crippen MR) is 81.3 cm³/mol. The van der Waals surface area contributed by atoms with Crippen molar-refractivity contribution in [3.05, 3.63) is 18.0 Å². The van der Waals surface area contributed by atoms with Crippen molar-refractivity contribution in [3.63, 3.8) is 0 Å². The summed E-state index contributed by atoms with van der Waals surface area (Å²) >= 11 is 0. The van der Waals surface area contributed by atoms with Gasteiger partial charge >= 0.3 is 0 Å². The lowest BCUT2D eigenvalue weighted by molar-refractivity contribution is -0.123. The smallest absolute Gasteiger partial charge is 0.241 e. The lowest BCUT2D eigenvalue weighted by Gasteiger charge is -2.31. The van der Waals surface area contributed by atoms with Crippen LogP contribution in [0.2, 0.25) is 0 Å². The van der Waals surface area contributed by atoms with E-state index in [0.29, 0.717) is 0 Å². The van der Waals surface area contributed by atoms with Crippen molar-refractivity contribution in [3.8, 4) is 0 Å². The molecular formula is C15H28N4O. The maximum absolute atomic E-state index is 12.4. The Morgan fingerprint density at radius 2 is 1.95 bits per heavy atom. The molecule has 0 aromatic carbocycles. The van der Waals surface area contributed by atoms with Crippen LogP contribution in [0, 0.1) is 5.41 Å². The van der Waals surface area contributed by atoms with Crippen LogP contribution in [-0.2, 0) is 11.8 Å². The Kier molecular flexibility index (Phi) is 6.20. The Morgan fingerprint density at radius 3 is 2.35 bits per heavy atom. The van der Waals surface area contributed by atoms with Gasteiger partial charge in [0.15, 0.2) is 0 Å². The van der Waals surface area contributed by atoms with Gasteiger partial charge in [-0.25, -0.2) is 0 Å². The quantitative estimate of drug-likeness (QED) is 0.766. The van der Waals surface area contributed by atoms with Gasteiger partial charge in [0.2, 0.25) is 5.91 Å². The maximum Gasteiger partial charge on any atom is 0.241 e. The van der Waals surface area contributed by atoms with Crippen molar-refractivity contribution in [1.29, 1.82) is 0 Å². The molecule has 1 rings (SSSR count). The Hall–Kier alpha value is -1.36. The second kappa shape index (κ2) is 7.43. The average Bonchev–Trinajstić information content (AvgIpc) is 2.88. The Balaban J connectivity index is 2.69. The van der Waals surface area contributed by atoms with Crippen molar-refractivity contribution in [2.24, 2.45) is 12.5 Å². The highest BCUT2D eigenvalue weighted by Gasteiger charge is 2.27. The Morgan fingerprint density at radius 1 is 1.35 bits per heavy atom. The number of amides is 1. The minimum atomic E-state index is -0.341. The number of hydrogen-bond donors (Lipinski definition) is 2. The molecule has 0 aliphatic carbocycles. The van der Waals surface area contributed by atoms with E-state index >= 15 is 0 Å². The van der Waals surface area contributed by atoms with Gasteiger partial charge in [-0.15, -0.1) is 0 Å². The first-order chi connectivity index (χ1) is 9.51. The van der Waals surface area contributed by atoms with Crippen LogP contribution in [0.15, 0.2) is 12.4 Å². The number of carbonyl (C=O) groups is 1. The molecule has 1 amide bonds. The van der Waals surface area contributed by atoms with E-state index in [1.807, 2.05) is 13.2 Å². The van der Waals surface area contributed by atoms with Crippen LogP contribution in [0.1, 0.15) is 51.6 Å². The molecule has 0 saturated carbocycles. The molecule has 0 fully saturated rings. The van der Waals surface area contributed by atoms with Crippen LogP contribution in [-0.4, -0.2) is 29.3 Å². The number of nitrogens with one attached hydrogen (secondary N) is 2. The van der Waals surface area contributed by atoms with Crippen LogP contribution >= 0.6 is 0 Å². The molecule has 0 spiro atoms. The van der Waals surface area contributed by atoms with E-state index in [4.69, 9.17) is 0 Å². The Bertz CT molecular complexity index is 415. The molecule has 0 aliphatic rings. The summed E-state index contributed by atoms with van der Waals surface area (Å²) in [6.45, 7) is 7.30. The molecule has 0 aliphatic heterocycles. The second-order valence-electron chi connectivity index (χ2n) is 5.45. The molecule has 0 bridgehead atoms. The summed E-state index contributed by atoms with van der Waals surface area (Å²) in [6, 6.07) is -0.341. The maximum atomic E-state index is 12.4. The highest BCUT2D eigenvalue weighted by atomic mass is 16.2. The van der Waals surface area contributed by atoms with Gasteiger partial charge in [-0.05, 0) is 31.7 Å². The van der Waals surface area contributed by atoms with Gasteiger partial charge in [0.25, 0.3) is 0 Å². The molecule has 2 N–H and O–H groups in total. The summed E-state index contributed by atoms with van der Waals surface area (Å²) in [7, 11) is 3.65. The molecule has 114 valence electrons. The van der Waals surface area contributed by atoms with Crippen molar-refractivity contribution in [1.82, 2.24) is 20.4 Å². The van der Waals surface area contributed by atoms with Crippen LogP contribution < -0.4 is 10.6 Å². The second-order valence-corrected chi connectivity index (χ2v) is 5.45. The summed E-state index contributed by atoms with van der Waals surface area (Å²) in [6.07, 6.45) is 6.84. The third-order valence-electron chi connectivity index (χ3n) is 4.50. The van der Waals surface area contributed by atoms with Crippen molar-refractivity contribution in [2.75, 3.05) is 13.6 Å². The number of aryl methyl sites for hydroxylation is 1. The first-order valence-corrected chi connectivity index (χ1v) is 7.45.